The lowest BCUT2D eigenvalue weighted by Crippen LogP contribution is -2.21. The van der Waals surface area contributed by atoms with Crippen LogP contribution in [0.1, 0.15) is 52.7 Å². The minimum atomic E-state index is -0.366. The van der Waals surface area contributed by atoms with E-state index in [9.17, 15) is 0 Å². The Labute approximate surface area is 223 Å². The van der Waals surface area contributed by atoms with Gasteiger partial charge < -0.3 is 28.4 Å². The molecule has 0 heterocycles. The lowest BCUT2D eigenvalue weighted by Gasteiger charge is -2.27. The van der Waals surface area contributed by atoms with Gasteiger partial charge in [0.05, 0.1) is 39.6 Å². The molecular weight excluding hydrogens is 468 g/mol. The highest BCUT2D eigenvalue weighted by Gasteiger charge is 2.23. The van der Waals surface area contributed by atoms with E-state index in [-0.39, 0.29) is 18.0 Å². The van der Waals surface area contributed by atoms with Crippen molar-refractivity contribution in [3.8, 4) is 11.5 Å². The van der Waals surface area contributed by atoms with E-state index in [0.717, 1.165) is 22.6 Å². The third-order valence-electron chi connectivity index (χ3n) is 5.61. The molecule has 0 aliphatic heterocycles. The van der Waals surface area contributed by atoms with Crippen LogP contribution in [0.3, 0.4) is 0 Å². The molecule has 0 N–H and O–H groups in total. The molecule has 0 radical (unpaired) electrons. The predicted molar refractivity (Wildman–Crippen MR) is 148 cm³/mol. The second-order valence-electron chi connectivity index (χ2n) is 9.81. The fourth-order valence-corrected chi connectivity index (χ4v) is 3.56. The van der Waals surface area contributed by atoms with Crippen molar-refractivity contribution in [3.05, 3.63) is 84.0 Å². The third kappa shape index (κ3) is 11.5. The van der Waals surface area contributed by atoms with Crippen LogP contribution in [0.15, 0.2) is 72.8 Å². The van der Waals surface area contributed by atoms with Crippen molar-refractivity contribution in [1.82, 2.24) is 0 Å². The average molecular weight is 513 g/mol. The van der Waals surface area contributed by atoms with Crippen LogP contribution in [0.4, 0.5) is 0 Å². The van der Waals surface area contributed by atoms with Crippen molar-refractivity contribution in [2.75, 3.05) is 39.6 Å². The van der Waals surface area contributed by atoms with Gasteiger partial charge in [-0.25, -0.2) is 0 Å². The highest BCUT2D eigenvalue weighted by Crippen LogP contribution is 2.33. The van der Waals surface area contributed by atoms with Gasteiger partial charge in [-0.15, -0.1) is 0 Å². The van der Waals surface area contributed by atoms with Crippen molar-refractivity contribution >= 4 is 0 Å². The zero-order valence-electron chi connectivity index (χ0n) is 23.4. The molecular formula is C31H44O6. The summed E-state index contributed by atoms with van der Waals surface area (Å²) in [4.78, 5) is 0. The lowest BCUT2D eigenvalue weighted by molar-refractivity contribution is -0.0821. The number of hydrogen-bond acceptors (Lipinski definition) is 6. The van der Waals surface area contributed by atoms with Crippen LogP contribution in [0, 0.1) is 0 Å². The summed E-state index contributed by atoms with van der Waals surface area (Å²) in [5.41, 5.74) is 4.16. The Morgan fingerprint density at radius 3 is 1.32 bits per heavy atom. The Morgan fingerprint density at radius 1 is 0.649 bits per heavy atom. The van der Waals surface area contributed by atoms with Crippen molar-refractivity contribution in [2.24, 2.45) is 0 Å². The van der Waals surface area contributed by atoms with Crippen LogP contribution < -0.4 is 9.47 Å². The van der Waals surface area contributed by atoms with Gasteiger partial charge in [0.2, 0.25) is 0 Å². The average Bonchev–Trinajstić information content (AvgIpc) is 2.84. The molecule has 0 amide bonds. The summed E-state index contributed by atoms with van der Waals surface area (Å²) >= 11 is 0. The molecule has 2 rings (SSSR count). The number of ether oxygens (including phenoxy) is 6. The molecule has 0 aromatic heterocycles. The first-order valence-corrected chi connectivity index (χ1v) is 12.8. The Balaban J connectivity index is 1.83. The maximum absolute atomic E-state index is 5.88. The summed E-state index contributed by atoms with van der Waals surface area (Å²) in [6, 6.07) is 16.3. The van der Waals surface area contributed by atoms with E-state index >= 15 is 0 Å². The first kappa shape index (κ1) is 30.6. The smallest absolute Gasteiger partial charge is 0.197 e. The maximum atomic E-state index is 5.88. The fourth-order valence-electron chi connectivity index (χ4n) is 3.56. The van der Waals surface area contributed by atoms with Gasteiger partial charge >= 0.3 is 0 Å². The quantitative estimate of drug-likeness (QED) is 0.126. The normalized spacial score (nSPS) is 13.1. The van der Waals surface area contributed by atoms with Gasteiger partial charge in [-0.3, -0.25) is 0 Å². The van der Waals surface area contributed by atoms with Crippen LogP contribution in [-0.4, -0.2) is 52.2 Å². The van der Waals surface area contributed by atoms with E-state index in [4.69, 9.17) is 28.4 Å². The minimum Gasteiger partial charge on any atom is -0.465 e. The Bertz CT molecular complexity index is 871. The molecule has 6 nitrogen and oxygen atoms in total. The summed E-state index contributed by atoms with van der Waals surface area (Å²) in [5, 5.41) is 0. The molecule has 6 heteroatoms. The van der Waals surface area contributed by atoms with Gasteiger partial charge in [0.15, 0.2) is 12.6 Å². The van der Waals surface area contributed by atoms with E-state index in [1.54, 1.807) is 0 Å². The molecule has 0 aliphatic rings. The third-order valence-corrected chi connectivity index (χ3v) is 5.61. The van der Waals surface area contributed by atoms with Crippen LogP contribution in [0.5, 0.6) is 11.5 Å². The van der Waals surface area contributed by atoms with Crippen LogP contribution in [0.2, 0.25) is 0 Å². The van der Waals surface area contributed by atoms with Crippen LogP contribution in [-0.2, 0) is 24.4 Å². The zero-order valence-corrected chi connectivity index (χ0v) is 23.4. The standard InChI is InChI=1S/C31H44O6/c1-23(2)21-32-17-19-34-25(5)36-29-13-9-27(10-14-29)31(7,8)28-11-15-30(16-12-28)37-26(6)35-20-18-33-22-24(3)4/h9-16,25-26H,1,3,17-22H2,2,4-8H3. The molecule has 0 fully saturated rings. The first-order valence-electron chi connectivity index (χ1n) is 12.8. The summed E-state index contributed by atoms with van der Waals surface area (Å²) in [5.74, 6) is 1.52. The van der Waals surface area contributed by atoms with E-state index < -0.39 is 0 Å². The maximum Gasteiger partial charge on any atom is 0.197 e. The number of rotatable bonds is 18. The van der Waals surface area contributed by atoms with Gasteiger partial charge in [-0.2, -0.15) is 0 Å². The van der Waals surface area contributed by atoms with E-state index in [1.165, 1.54) is 11.1 Å². The molecule has 2 unspecified atom stereocenters. The molecule has 204 valence electrons. The molecule has 0 spiro atoms. The molecule has 37 heavy (non-hydrogen) atoms. The predicted octanol–water partition coefficient (Wildman–Crippen LogP) is 6.68. The first-order chi connectivity index (χ1) is 17.6. The monoisotopic (exact) mass is 512 g/mol. The van der Waals surface area contributed by atoms with Gasteiger partial charge in [-0.1, -0.05) is 62.4 Å². The topological polar surface area (TPSA) is 55.4 Å². The zero-order chi connectivity index (χ0) is 27.3. The van der Waals surface area contributed by atoms with Crippen LogP contribution in [0.25, 0.3) is 0 Å². The van der Waals surface area contributed by atoms with Gasteiger partial charge in [0.25, 0.3) is 0 Å². The number of hydrogen-bond donors (Lipinski definition) is 0. The summed E-state index contributed by atoms with van der Waals surface area (Å²) < 4.78 is 34.0. The summed E-state index contributed by atoms with van der Waals surface area (Å²) in [6.45, 7) is 22.7. The second-order valence-corrected chi connectivity index (χ2v) is 9.81. The Kier molecular flexibility index (Phi) is 12.9. The molecule has 0 aliphatic carbocycles. The molecule has 0 saturated carbocycles. The van der Waals surface area contributed by atoms with Gasteiger partial charge in [-0.05, 0) is 63.1 Å². The van der Waals surface area contributed by atoms with Gasteiger partial charge in [0, 0.05) is 5.41 Å². The highest BCUT2D eigenvalue weighted by atomic mass is 16.7. The largest absolute Gasteiger partial charge is 0.465 e. The number of benzene rings is 2. The minimum absolute atomic E-state index is 0.192. The SMILES string of the molecule is C=C(C)COCCOC(C)Oc1ccc(C(C)(C)c2ccc(OC(C)OCCOCC(=C)C)cc2)cc1. The fraction of sp³-hybridized carbons (Fsp3) is 0.484. The van der Waals surface area contributed by atoms with E-state index in [2.05, 4.69) is 51.3 Å². The highest BCUT2D eigenvalue weighted by molar-refractivity contribution is 5.41. The van der Waals surface area contributed by atoms with Crippen molar-refractivity contribution in [2.45, 2.75) is 59.5 Å². The molecule has 0 saturated heterocycles. The molecule has 0 bridgehead atoms. The molecule has 2 aromatic carbocycles. The molecule has 2 aromatic rings. The Morgan fingerprint density at radius 2 is 1.00 bits per heavy atom. The lowest BCUT2D eigenvalue weighted by atomic mass is 9.78. The summed E-state index contributed by atoms with van der Waals surface area (Å²) in [6.07, 6.45) is -0.731. The Hall–Kier alpha value is -2.64. The molecule has 2 atom stereocenters. The second kappa shape index (κ2) is 15.6. The summed E-state index contributed by atoms with van der Waals surface area (Å²) in [7, 11) is 0. The van der Waals surface area contributed by atoms with Crippen molar-refractivity contribution in [1.29, 1.82) is 0 Å². The van der Waals surface area contributed by atoms with E-state index in [0.29, 0.717) is 39.6 Å². The van der Waals surface area contributed by atoms with Crippen molar-refractivity contribution < 1.29 is 28.4 Å². The van der Waals surface area contributed by atoms with Crippen molar-refractivity contribution in [3.63, 3.8) is 0 Å². The van der Waals surface area contributed by atoms with Crippen LogP contribution >= 0.6 is 0 Å². The van der Waals surface area contributed by atoms with E-state index in [1.807, 2.05) is 52.0 Å². The van der Waals surface area contributed by atoms with Gasteiger partial charge in [0.1, 0.15) is 11.5 Å².